The fourth-order valence-corrected chi connectivity index (χ4v) is 1.97. The molecular weight excluding hydrogens is 204 g/mol. The third-order valence-corrected chi connectivity index (χ3v) is 3.08. The van der Waals surface area contributed by atoms with Gasteiger partial charge in [-0.25, -0.2) is 0 Å². The normalized spacial score (nSPS) is 25.4. The Bertz CT molecular complexity index is 213. The molecule has 1 rings (SSSR count). The van der Waals surface area contributed by atoms with E-state index in [2.05, 4.69) is 10.6 Å². The van der Waals surface area contributed by atoms with Crippen molar-refractivity contribution in [2.75, 3.05) is 26.3 Å². The van der Waals surface area contributed by atoms with Crippen LogP contribution < -0.4 is 10.6 Å². The Labute approximate surface area is 98.1 Å². The first kappa shape index (κ1) is 13.5. The van der Waals surface area contributed by atoms with Crippen molar-refractivity contribution in [3.63, 3.8) is 0 Å². The Morgan fingerprint density at radius 3 is 2.94 bits per heavy atom. The Morgan fingerprint density at radius 2 is 2.31 bits per heavy atom. The molecule has 0 bridgehead atoms. The van der Waals surface area contributed by atoms with Gasteiger partial charge in [0.15, 0.2) is 0 Å². The molecule has 1 aliphatic heterocycles. The summed E-state index contributed by atoms with van der Waals surface area (Å²) in [4.78, 5) is 11.9. The van der Waals surface area contributed by atoms with Crippen molar-refractivity contribution in [2.24, 2.45) is 0 Å². The van der Waals surface area contributed by atoms with Crippen molar-refractivity contribution in [2.45, 2.75) is 45.1 Å². The molecular formula is C12H24N2O2. The van der Waals surface area contributed by atoms with Gasteiger partial charge in [-0.2, -0.15) is 0 Å². The van der Waals surface area contributed by atoms with Gasteiger partial charge in [-0.3, -0.25) is 4.79 Å². The lowest BCUT2D eigenvalue weighted by atomic mass is 9.90. The lowest BCUT2D eigenvalue weighted by Gasteiger charge is -2.33. The maximum absolute atomic E-state index is 11.9. The predicted octanol–water partition coefficient (Wildman–Crippen LogP) is 1.06. The zero-order valence-corrected chi connectivity index (χ0v) is 10.5. The number of hydrogen-bond acceptors (Lipinski definition) is 3. The maximum atomic E-state index is 11.9. The molecule has 0 aromatic carbocycles. The number of rotatable bonds is 6. The highest BCUT2D eigenvalue weighted by Gasteiger charge is 2.33. The summed E-state index contributed by atoms with van der Waals surface area (Å²) in [5.41, 5.74) is -0.357. The molecule has 0 aliphatic carbocycles. The lowest BCUT2D eigenvalue weighted by molar-refractivity contribution is -0.127. The van der Waals surface area contributed by atoms with Gasteiger partial charge in [0.05, 0.1) is 5.54 Å². The second kappa shape index (κ2) is 6.86. The van der Waals surface area contributed by atoms with Gasteiger partial charge in [0.2, 0.25) is 5.91 Å². The van der Waals surface area contributed by atoms with Crippen molar-refractivity contribution in [1.82, 2.24) is 10.6 Å². The number of hydrogen-bond donors (Lipinski definition) is 2. The van der Waals surface area contributed by atoms with Crippen LogP contribution in [0.1, 0.15) is 39.5 Å². The Morgan fingerprint density at radius 1 is 1.50 bits per heavy atom. The van der Waals surface area contributed by atoms with E-state index in [-0.39, 0.29) is 11.4 Å². The number of ether oxygens (including phenoxy) is 1. The van der Waals surface area contributed by atoms with Gasteiger partial charge in [-0.1, -0.05) is 0 Å². The van der Waals surface area contributed by atoms with E-state index in [4.69, 9.17) is 4.74 Å². The highest BCUT2D eigenvalue weighted by molar-refractivity contribution is 5.85. The molecule has 2 N–H and O–H groups in total. The van der Waals surface area contributed by atoms with E-state index < -0.39 is 0 Å². The van der Waals surface area contributed by atoms with Crippen LogP contribution in [0.3, 0.4) is 0 Å². The van der Waals surface area contributed by atoms with Crippen LogP contribution >= 0.6 is 0 Å². The first-order valence-electron chi connectivity index (χ1n) is 6.30. The summed E-state index contributed by atoms with van der Waals surface area (Å²) in [5.74, 6) is 0.128. The maximum Gasteiger partial charge on any atom is 0.240 e. The van der Waals surface area contributed by atoms with Crippen LogP contribution in [0.2, 0.25) is 0 Å². The van der Waals surface area contributed by atoms with Crippen LogP contribution in [0.5, 0.6) is 0 Å². The van der Waals surface area contributed by atoms with Crippen LogP contribution in [0, 0.1) is 0 Å². The zero-order valence-electron chi connectivity index (χ0n) is 10.5. The SMILES string of the molecule is CCOCCCNC(=O)C1(C)CCCCN1. The molecule has 0 saturated carbocycles. The van der Waals surface area contributed by atoms with Crippen molar-refractivity contribution in [1.29, 1.82) is 0 Å². The minimum atomic E-state index is -0.357. The number of amides is 1. The molecule has 1 saturated heterocycles. The minimum absolute atomic E-state index is 0.128. The van der Waals surface area contributed by atoms with E-state index in [1.165, 1.54) is 6.42 Å². The van der Waals surface area contributed by atoms with Crippen molar-refractivity contribution < 1.29 is 9.53 Å². The van der Waals surface area contributed by atoms with Crippen LogP contribution in [0.15, 0.2) is 0 Å². The van der Waals surface area contributed by atoms with Gasteiger partial charge in [0.1, 0.15) is 0 Å². The summed E-state index contributed by atoms with van der Waals surface area (Å²) in [6.07, 6.45) is 4.13. The van der Waals surface area contributed by atoms with Crippen LogP contribution in [0.25, 0.3) is 0 Å². The highest BCUT2D eigenvalue weighted by atomic mass is 16.5. The van der Waals surface area contributed by atoms with Crippen LogP contribution in [-0.4, -0.2) is 37.7 Å². The molecule has 1 fully saturated rings. The monoisotopic (exact) mass is 228 g/mol. The molecule has 0 spiro atoms. The molecule has 16 heavy (non-hydrogen) atoms. The summed E-state index contributed by atoms with van der Waals surface area (Å²) in [6.45, 7) is 7.09. The summed E-state index contributed by atoms with van der Waals surface area (Å²) in [6, 6.07) is 0. The Kier molecular flexibility index (Phi) is 5.77. The van der Waals surface area contributed by atoms with Crippen molar-refractivity contribution in [3.8, 4) is 0 Å². The number of carbonyl (C=O) groups is 1. The number of nitrogens with one attached hydrogen (secondary N) is 2. The topological polar surface area (TPSA) is 50.4 Å². The summed E-state index contributed by atoms with van der Waals surface area (Å²) >= 11 is 0. The molecule has 4 heteroatoms. The van der Waals surface area contributed by atoms with Crippen molar-refractivity contribution >= 4 is 5.91 Å². The number of carbonyl (C=O) groups excluding carboxylic acids is 1. The quantitative estimate of drug-likeness (QED) is 0.668. The fourth-order valence-electron chi connectivity index (χ4n) is 1.97. The summed E-state index contributed by atoms with van der Waals surface area (Å²) < 4.78 is 5.22. The predicted molar refractivity (Wildman–Crippen MR) is 64.4 cm³/mol. The molecule has 0 aromatic rings. The lowest BCUT2D eigenvalue weighted by Crippen LogP contribution is -2.57. The third kappa shape index (κ3) is 4.10. The molecule has 1 heterocycles. The van der Waals surface area contributed by atoms with E-state index >= 15 is 0 Å². The average molecular weight is 228 g/mol. The average Bonchev–Trinajstić information content (AvgIpc) is 2.29. The second-order valence-corrected chi connectivity index (χ2v) is 4.52. The third-order valence-electron chi connectivity index (χ3n) is 3.08. The van der Waals surface area contributed by atoms with Gasteiger partial charge < -0.3 is 15.4 Å². The molecule has 1 amide bonds. The van der Waals surface area contributed by atoms with Gasteiger partial charge >= 0.3 is 0 Å². The second-order valence-electron chi connectivity index (χ2n) is 4.52. The molecule has 1 unspecified atom stereocenters. The van der Waals surface area contributed by atoms with E-state index in [1.807, 2.05) is 13.8 Å². The molecule has 0 radical (unpaired) electrons. The smallest absolute Gasteiger partial charge is 0.240 e. The van der Waals surface area contributed by atoms with E-state index in [0.717, 1.165) is 39.0 Å². The van der Waals surface area contributed by atoms with E-state index in [1.54, 1.807) is 0 Å². The molecule has 1 atom stereocenters. The summed E-state index contributed by atoms with van der Waals surface area (Å²) in [7, 11) is 0. The van der Waals surface area contributed by atoms with Crippen molar-refractivity contribution in [3.05, 3.63) is 0 Å². The zero-order chi connectivity index (χ0) is 11.9. The van der Waals surface area contributed by atoms with E-state index in [9.17, 15) is 4.79 Å². The molecule has 1 aliphatic rings. The first-order chi connectivity index (χ1) is 7.69. The fraction of sp³-hybridized carbons (Fsp3) is 0.917. The highest BCUT2D eigenvalue weighted by Crippen LogP contribution is 2.18. The molecule has 0 aromatic heterocycles. The van der Waals surface area contributed by atoms with Gasteiger partial charge in [0.25, 0.3) is 0 Å². The van der Waals surface area contributed by atoms with E-state index in [0.29, 0.717) is 6.54 Å². The Hall–Kier alpha value is -0.610. The summed E-state index contributed by atoms with van der Waals surface area (Å²) in [5, 5.41) is 6.27. The molecule has 4 nitrogen and oxygen atoms in total. The standard InChI is InChI=1S/C12H24N2O2/c1-3-16-10-6-8-13-11(15)12(2)7-4-5-9-14-12/h14H,3-10H2,1-2H3,(H,13,15). The van der Waals surface area contributed by atoms with Gasteiger partial charge in [0, 0.05) is 19.8 Å². The van der Waals surface area contributed by atoms with Crippen LogP contribution in [-0.2, 0) is 9.53 Å². The van der Waals surface area contributed by atoms with Gasteiger partial charge in [-0.05, 0) is 46.1 Å². The van der Waals surface area contributed by atoms with Gasteiger partial charge in [-0.15, -0.1) is 0 Å². The minimum Gasteiger partial charge on any atom is -0.382 e. The molecule has 94 valence electrons. The Balaban J connectivity index is 2.18. The first-order valence-corrected chi connectivity index (χ1v) is 6.30. The number of piperidine rings is 1. The van der Waals surface area contributed by atoms with Crippen LogP contribution in [0.4, 0.5) is 0 Å². The largest absolute Gasteiger partial charge is 0.382 e.